The summed E-state index contributed by atoms with van der Waals surface area (Å²) in [5.41, 5.74) is 2.05. The number of halogens is 2. The molecule has 0 bridgehead atoms. The SMILES string of the molecule is COc1cc(CNC2CC2)cc(Br)c1OCc1ccc(F)cc1. The molecule has 2 aromatic carbocycles. The van der Waals surface area contributed by atoms with Crippen LogP contribution in [0.15, 0.2) is 40.9 Å². The summed E-state index contributed by atoms with van der Waals surface area (Å²) in [4.78, 5) is 0. The third-order valence-electron chi connectivity index (χ3n) is 3.76. The molecule has 0 spiro atoms. The molecule has 0 amide bonds. The Labute approximate surface area is 143 Å². The number of hydrogen-bond donors (Lipinski definition) is 1. The Morgan fingerprint density at radius 1 is 1.17 bits per heavy atom. The zero-order chi connectivity index (χ0) is 16.2. The van der Waals surface area contributed by atoms with Gasteiger partial charge in [0.25, 0.3) is 0 Å². The summed E-state index contributed by atoms with van der Waals surface area (Å²) >= 11 is 3.55. The van der Waals surface area contributed by atoms with Crippen molar-refractivity contribution in [2.45, 2.75) is 32.0 Å². The molecule has 1 saturated carbocycles. The highest BCUT2D eigenvalue weighted by Crippen LogP contribution is 2.37. The number of methoxy groups -OCH3 is 1. The molecule has 0 aliphatic heterocycles. The van der Waals surface area contributed by atoms with Gasteiger partial charge >= 0.3 is 0 Å². The fourth-order valence-electron chi connectivity index (χ4n) is 2.30. The van der Waals surface area contributed by atoms with Gasteiger partial charge in [0.05, 0.1) is 11.6 Å². The molecular weight excluding hydrogens is 361 g/mol. The number of ether oxygens (including phenoxy) is 2. The first kappa shape index (κ1) is 16.3. The molecule has 1 N–H and O–H groups in total. The van der Waals surface area contributed by atoms with Crippen LogP contribution in [0.3, 0.4) is 0 Å². The van der Waals surface area contributed by atoms with Gasteiger partial charge in [-0.05, 0) is 64.2 Å². The third-order valence-corrected chi connectivity index (χ3v) is 4.35. The van der Waals surface area contributed by atoms with E-state index in [0.717, 1.165) is 22.1 Å². The van der Waals surface area contributed by atoms with E-state index in [2.05, 4.69) is 21.2 Å². The van der Waals surface area contributed by atoms with E-state index < -0.39 is 0 Å². The Hall–Kier alpha value is -1.59. The zero-order valence-corrected chi connectivity index (χ0v) is 14.5. The molecule has 3 rings (SSSR count). The van der Waals surface area contributed by atoms with Gasteiger partial charge in [-0.15, -0.1) is 0 Å². The molecule has 0 unspecified atom stereocenters. The molecular formula is C18H19BrFNO2. The molecule has 1 fully saturated rings. The van der Waals surface area contributed by atoms with E-state index in [4.69, 9.17) is 9.47 Å². The minimum atomic E-state index is -0.250. The number of nitrogens with one attached hydrogen (secondary N) is 1. The van der Waals surface area contributed by atoms with Crippen molar-refractivity contribution in [3.8, 4) is 11.5 Å². The summed E-state index contributed by atoms with van der Waals surface area (Å²) in [7, 11) is 1.63. The minimum Gasteiger partial charge on any atom is -0.493 e. The molecule has 3 nitrogen and oxygen atoms in total. The molecule has 122 valence electrons. The Morgan fingerprint density at radius 3 is 2.57 bits per heavy atom. The second kappa shape index (κ2) is 7.32. The lowest BCUT2D eigenvalue weighted by atomic mass is 10.2. The maximum Gasteiger partial charge on any atom is 0.175 e. The molecule has 1 aliphatic carbocycles. The first-order chi connectivity index (χ1) is 11.2. The average molecular weight is 380 g/mol. The molecule has 0 atom stereocenters. The summed E-state index contributed by atoms with van der Waals surface area (Å²) in [6.45, 7) is 1.17. The predicted octanol–water partition coefficient (Wildman–Crippen LogP) is 4.43. The Balaban J connectivity index is 1.70. The van der Waals surface area contributed by atoms with Crippen molar-refractivity contribution in [3.05, 3.63) is 57.8 Å². The third kappa shape index (κ3) is 4.45. The van der Waals surface area contributed by atoms with Crippen LogP contribution < -0.4 is 14.8 Å². The Morgan fingerprint density at radius 2 is 1.91 bits per heavy atom. The lowest BCUT2D eigenvalue weighted by Crippen LogP contribution is -2.15. The van der Waals surface area contributed by atoms with Gasteiger partial charge in [-0.1, -0.05) is 12.1 Å². The minimum absolute atomic E-state index is 0.250. The van der Waals surface area contributed by atoms with Gasteiger partial charge < -0.3 is 14.8 Å². The van der Waals surface area contributed by atoms with Gasteiger partial charge in [-0.3, -0.25) is 0 Å². The van der Waals surface area contributed by atoms with E-state index in [-0.39, 0.29) is 5.82 Å². The molecule has 0 radical (unpaired) electrons. The van der Waals surface area contributed by atoms with Crippen molar-refractivity contribution in [2.24, 2.45) is 0 Å². The van der Waals surface area contributed by atoms with Crippen molar-refractivity contribution in [2.75, 3.05) is 7.11 Å². The van der Waals surface area contributed by atoms with Gasteiger partial charge in [0, 0.05) is 12.6 Å². The highest BCUT2D eigenvalue weighted by Gasteiger charge is 2.20. The normalized spacial score (nSPS) is 13.9. The largest absolute Gasteiger partial charge is 0.493 e. The maximum atomic E-state index is 12.9. The summed E-state index contributed by atoms with van der Waals surface area (Å²) in [5.74, 6) is 1.10. The standard InChI is InChI=1S/C18H19BrFNO2/c1-22-17-9-13(10-21-15-6-7-15)8-16(19)18(17)23-11-12-2-4-14(20)5-3-12/h2-5,8-9,15,21H,6-7,10-11H2,1H3. The van der Waals surface area contributed by atoms with E-state index in [0.29, 0.717) is 24.1 Å². The van der Waals surface area contributed by atoms with Crippen molar-refractivity contribution in [1.29, 1.82) is 0 Å². The van der Waals surface area contributed by atoms with Crippen LogP contribution in [0.25, 0.3) is 0 Å². The second-order valence-electron chi connectivity index (χ2n) is 5.68. The highest BCUT2D eigenvalue weighted by molar-refractivity contribution is 9.10. The topological polar surface area (TPSA) is 30.5 Å². The van der Waals surface area contributed by atoms with Crippen LogP contribution in [0.5, 0.6) is 11.5 Å². The lowest BCUT2D eigenvalue weighted by molar-refractivity contribution is 0.282. The highest BCUT2D eigenvalue weighted by atomic mass is 79.9. The molecule has 1 aliphatic rings. The molecule has 23 heavy (non-hydrogen) atoms. The molecule has 0 heterocycles. The van der Waals surface area contributed by atoms with Crippen LogP contribution >= 0.6 is 15.9 Å². The van der Waals surface area contributed by atoms with Gasteiger partial charge in [-0.2, -0.15) is 0 Å². The van der Waals surface area contributed by atoms with E-state index in [1.165, 1.54) is 25.0 Å². The Kier molecular flexibility index (Phi) is 5.18. The van der Waals surface area contributed by atoms with Crippen LogP contribution in [0.1, 0.15) is 24.0 Å². The Bertz CT molecular complexity index is 671. The second-order valence-corrected chi connectivity index (χ2v) is 6.53. The summed E-state index contributed by atoms with van der Waals surface area (Å²) in [6.07, 6.45) is 2.52. The fourth-order valence-corrected chi connectivity index (χ4v) is 2.91. The van der Waals surface area contributed by atoms with Gasteiger partial charge in [0.15, 0.2) is 11.5 Å². The van der Waals surface area contributed by atoms with E-state index in [1.54, 1.807) is 19.2 Å². The first-order valence-electron chi connectivity index (χ1n) is 7.63. The van der Waals surface area contributed by atoms with Crippen LogP contribution in [0.4, 0.5) is 4.39 Å². The van der Waals surface area contributed by atoms with Crippen molar-refractivity contribution in [1.82, 2.24) is 5.32 Å². The molecule has 5 heteroatoms. The van der Waals surface area contributed by atoms with Crippen LogP contribution in [-0.2, 0) is 13.2 Å². The first-order valence-corrected chi connectivity index (χ1v) is 8.42. The van der Waals surface area contributed by atoms with Crippen molar-refractivity contribution in [3.63, 3.8) is 0 Å². The van der Waals surface area contributed by atoms with Crippen molar-refractivity contribution < 1.29 is 13.9 Å². The average Bonchev–Trinajstić information content (AvgIpc) is 3.37. The van der Waals surface area contributed by atoms with E-state index in [1.807, 2.05) is 12.1 Å². The number of rotatable bonds is 7. The summed E-state index contributed by atoms with van der Waals surface area (Å²) in [5, 5.41) is 3.48. The monoisotopic (exact) mass is 379 g/mol. The predicted molar refractivity (Wildman–Crippen MR) is 91.3 cm³/mol. The van der Waals surface area contributed by atoms with Crippen LogP contribution in [0.2, 0.25) is 0 Å². The van der Waals surface area contributed by atoms with Crippen LogP contribution in [0, 0.1) is 5.82 Å². The summed E-state index contributed by atoms with van der Waals surface area (Å²) < 4.78 is 25.1. The van der Waals surface area contributed by atoms with Crippen LogP contribution in [-0.4, -0.2) is 13.2 Å². The van der Waals surface area contributed by atoms with Crippen molar-refractivity contribution >= 4 is 15.9 Å². The smallest absolute Gasteiger partial charge is 0.175 e. The quantitative estimate of drug-likeness (QED) is 0.771. The lowest BCUT2D eigenvalue weighted by Gasteiger charge is -2.15. The fraction of sp³-hybridized carbons (Fsp3) is 0.333. The summed E-state index contributed by atoms with van der Waals surface area (Å²) in [6, 6.07) is 11.0. The zero-order valence-electron chi connectivity index (χ0n) is 12.9. The van der Waals surface area contributed by atoms with Gasteiger partial charge in [0.2, 0.25) is 0 Å². The van der Waals surface area contributed by atoms with E-state index >= 15 is 0 Å². The molecule has 0 saturated heterocycles. The molecule has 2 aromatic rings. The van der Waals surface area contributed by atoms with E-state index in [9.17, 15) is 4.39 Å². The van der Waals surface area contributed by atoms with Gasteiger partial charge in [0.1, 0.15) is 12.4 Å². The molecule has 0 aromatic heterocycles. The number of hydrogen-bond acceptors (Lipinski definition) is 3. The number of benzene rings is 2. The maximum absolute atomic E-state index is 12.9. The van der Waals surface area contributed by atoms with Gasteiger partial charge in [-0.25, -0.2) is 4.39 Å².